The van der Waals surface area contributed by atoms with Gasteiger partial charge in [0.25, 0.3) is 0 Å². The lowest BCUT2D eigenvalue weighted by Gasteiger charge is -2.29. The Hall–Kier alpha value is -1.51. The van der Waals surface area contributed by atoms with Crippen LogP contribution in [0.15, 0.2) is 0 Å². The van der Waals surface area contributed by atoms with Gasteiger partial charge in [-0.1, -0.05) is 13.8 Å². The summed E-state index contributed by atoms with van der Waals surface area (Å²) >= 11 is 0. The first-order valence-corrected chi connectivity index (χ1v) is 10.2. The van der Waals surface area contributed by atoms with Gasteiger partial charge in [0, 0.05) is 52.2 Å². The predicted molar refractivity (Wildman–Crippen MR) is 109 cm³/mol. The molecule has 0 saturated carbocycles. The Morgan fingerprint density at radius 1 is 0.607 bits per heavy atom. The molecule has 0 aromatic heterocycles. The lowest BCUT2D eigenvalue weighted by atomic mass is 10.2. The number of Topliss-reactive ketones (excluding diaryl/α,β-unsaturated/α-hetero) is 1. The van der Waals surface area contributed by atoms with E-state index in [1.165, 1.54) is 14.2 Å². The molecule has 0 spiro atoms. The van der Waals surface area contributed by atoms with Crippen LogP contribution in [-0.4, -0.2) is 106 Å². The second-order valence-electron chi connectivity index (χ2n) is 6.81. The van der Waals surface area contributed by atoms with E-state index in [4.69, 9.17) is 9.47 Å². The molecular weight excluding hydrogens is 362 g/mol. The van der Waals surface area contributed by atoms with Crippen LogP contribution in [0.4, 0.5) is 0 Å². The minimum atomic E-state index is -0.253. The number of likely N-dealkylation sites (N-methyl/N-ethyl adjacent to an activating group) is 1. The molecular formula is C20H39N3O5. The number of carbonyl (C=O) groups is 3. The quantitative estimate of drug-likeness (QED) is 0.335. The first-order valence-electron chi connectivity index (χ1n) is 10.2. The maximum absolute atomic E-state index is 11.5. The summed E-state index contributed by atoms with van der Waals surface area (Å²) in [5.41, 5.74) is 0. The molecule has 0 aromatic carbocycles. The topological polar surface area (TPSA) is 79.4 Å². The van der Waals surface area contributed by atoms with Crippen molar-refractivity contribution in [1.29, 1.82) is 0 Å². The SMILES string of the molecule is CCN(CC)CCN(CCC(=O)OC)CCN(CCC(C)=O)CCC(=O)OC. The van der Waals surface area contributed by atoms with Crippen molar-refractivity contribution in [3.05, 3.63) is 0 Å². The van der Waals surface area contributed by atoms with Gasteiger partial charge < -0.3 is 24.2 Å². The summed E-state index contributed by atoms with van der Waals surface area (Å²) in [6.45, 7) is 12.9. The Bertz CT molecular complexity index is 455. The molecule has 0 aromatic rings. The molecule has 0 aliphatic heterocycles. The van der Waals surface area contributed by atoms with Crippen LogP contribution in [0.25, 0.3) is 0 Å². The fourth-order valence-corrected chi connectivity index (χ4v) is 2.79. The third kappa shape index (κ3) is 13.6. The van der Waals surface area contributed by atoms with Gasteiger partial charge in [-0.15, -0.1) is 0 Å². The minimum absolute atomic E-state index is 0.132. The zero-order valence-electron chi connectivity index (χ0n) is 18.4. The molecule has 0 radical (unpaired) electrons. The molecule has 0 aliphatic rings. The Morgan fingerprint density at radius 2 is 0.964 bits per heavy atom. The molecule has 0 unspecified atom stereocenters. The van der Waals surface area contributed by atoms with Gasteiger partial charge in [-0.2, -0.15) is 0 Å². The van der Waals surface area contributed by atoms with Crippen LogP contribution in [0.1, 0.15) is 40.0 Å². The predicted octanol–water partition coefficient (Wildman–Crippen LogP) is 1.04. The van der Waals surface area contributed by atoms with Gasteiger partial charge in [-0.3, -0.25) is 14.4 Å². The van der Waals surface area contributed by atoms with Crippen LogP contribution in [-0.2, 0) is 23.9 Å². The molecule has 28 heavy (non-hydrogen) atoms. The van der Waals surface area contributed by atoms with Gasteiger partial charge in [0.05, 0.1) is 27.1 Å². The van der Waals surface area contributed by atoms with Crippen LogP contribution in [0, 0.1) is 0 Å². The van der Waals surface area contributed by atoms with E-state index in [-0.39, 0.29) is 17.7 Å². The molecule has 0 atom stereocenters. The lowest BCUT2D eigenvalue weighted by molar-refractivity contribution is -0.142. The Balaban J connectivity index is 4.75. The lowest BCUT2D eigenvalue weighted by Crippen LogP contribution is -2.41. The summed E-state index contributed by atoms with van der Waals surface area (Å²) < 4.78 is 9.48. The second-order valence-corrected chi connectivity index (χ2v) is 6.81. The van der Waals surface area contributed by atoms with Crippen LogP contribution in [0.2, 0.25) is 0 Å². The number of rotatable bonds is 17. The van der Waals surface area contributed by atoms with Gasteiger partial charge in [-0.25, -0.2) is 0 Å². The Labute approximate surface area is 170 Å². The summed E-state index contributed by atoms with van der Waals surface area (Å²) in [6, 6.07) is 0. The highest BCUT2D eigenvalue weighted by Crippen LogP contribution is 2.01. The highest BCUT2D eigenvalue weighted by atomic mass is 16.5. The molecule has 8 heteroatoms. The maximum Gasteiger partial charge on any atom is 0.306 e. The van der Waals surface area contributed by atoms with E-state index in [9.17, 15) is 14.4 Å². The number of hydrogen-bond acceptors (Lipinski definition) is 8. The van der Waals surface area contributed by atoms with E-state index in [2.05, 4.69) is 28.5 Å². The number of ether oxygens (including phenoxy) is 2. The average Bonchev–Trinajstić information content (AvgIpc) is 2.70. The molecule has 0 fully saturated rings. The van der Waals surface area contributed by atoms with Crippen LogP contribution < -0.4 is 0 Å². The van der Waals surface area contributed by atoms with Crippen molar-refractivity contribution in [3.63, 3.8) is 0 Å². The zero-order valence-corrected chi connectivity index (χ0v) is 18.4. The fraction of sp³-hybridized carbons (Fsp3) is 0.850. The number of carbonyl (C=O) groups excluding carboxylic acids is 3. The van der Waals surface area contributed by atoms with E-state index >= 15 is 0 Å². The number of methoxy groups -OCH3 is 2. The number of ketones is 1. The first-order chi connectivity index (χ1) is 13.4. The third-order valence-electron chi connectivity index (χ3n) is 4.86. The van der Waals surface area contributed by atoms with E-state index in [1.54, 1.807) is 6.92 Å². The normalized spacial score (nSPS) is 11.3. The van der Waals surface area contributed by atoms with Crippen molar-refractivity contribution in [2.45, 2.75) is 40.0 Å². The molecule has 0 aliphatic carbocycles. The standard InChI is InChI=1S/C20H39N3O5/c1-6-21(7-2)14-15-23(13-10-20(26)28-5)17-16-22(11-8-18(3)24)12-9-19(25)27-4/h6-17H2,1-5H3. The number of esters is 2. The molecule has 0 heterocycles. The molecule has 0 saturated heterocycles. The van der Waals surface area contributed by atoms with E-state index in [0.29, 0.717) is 38.9 Å². The van der Waals surface area contributed by atoms with Crippen molar-refractivity contribution < 1.29 is 23.9 Å². The van der Waals surface area contributed by atoms with E-state index < -0.39 is 0 Å². The average molecular weight is 402 g/mol. The van der Waals surface area contributed by atoms with Crippen molar-refractivity contribution in [3.8, 4) is 0 Å². The summed E-state index contributed by atoms with van der Waals surface area (Å²) in [4.78, 5) is 41.0. The van der Waals surface area contributed by atoms with Gasteiger partial charge in [-0.05, 0) is 20.0 Å². The van der Waals surface area contributed by atoms with Crippen molar-refractivity contribution >= 4 is 17.7 Å². The molecule has 0 N–H and O–H groups in total. The Morgan fingerprint density at radius 3 is 1.32 bits per heavy atom. The maximum atomic E-state index is 11.5. The highest BCUT2D eigenvalue weighted by molar-refractivity contribution is 5.75. The first kappa shape index (κ1) is 26.5. The van der Waals surface area contributed by atoms with Crippen molar-refractivity contribution in [1.82, 2.24) is 14.7 Å². The third-order valence-corrected chi connectivity index (χ3v) is 4.86. The van der Waals surface area contributed by atoms with Gasteiger partial charge in [0.2, 0.25) is 0 Å². The van der Waals surface area contributed by atoms with Gasteiger partial charge in [0.15, 0.2) is 0 Å². The molecule has 0 bridgehead atoms. The highest BCUT2D eigenvalue weighted by Gasteiger charge is 2.14. The van der Waals surface area contributed by atoms with Crippen LogP contribution >= 0.6 is 0 Å². The van der Waals surface area contributed by atoms with E-state index in [0.717, 1.165) is 39.3 Å². The monoisotopic (exact) mass is 401 g/mol. The van der Waals surface area contributed by atoms with Crippen LogP contribution in [0.3, 0.4) is 0 Å². The summed E-state index contributed by atoms with van der Waals surface area (Å²) in [7, 11) is 2.78. The fourth-order valence-electron chi connectivity index (χ4n) is 2.79. The smallest absolute Gasteiger partial charge is 0.306 e. The molecule has 0 rings (SSSR count). The molecule has 8 nitrogen and oxygen atoms in total. The summed E-state index contributed by atoms with van der Waals surface area (Å²) in [6.07, 6.45) is 1.11. The number of nitrogens with zero attached hydrogens (tertiary/aromatic N) is 3. The van der Waals surface area contributed by atoms with Gasteiger partial charge in [0.1, 0.15) is 5.78 Å². The van der Waals surface area contributed by atoms with Gasteiger partial charge >= 0.3 is 11.9 Å². The second kappa shape index (κ2) is 16.4. The van der Waals surface area contributed by atoms with Crippen molar-refractivity contribution in [2.75, 3.05) is 73.1 Å². The Kier molecular flexibility index (Phi) is 15.6. The largest absolute Gasteiger partial charge is 0.469 e. The molecule has 0 amide bonds. The van der Waals surface area contributed by atoms with Crippen LogP contribution in [0.5, 0.6) is 0 Å². The minimum Gasteiger partial charge on any atom is -0.469 e. The van der Waals surface area contributed by atoms with E-state index in [1.807, 2.05) is 0 Å². The number of hydrogen-bond donors (Lipinski definition) is 0. The summed E-state index contributed by atoms with van der Waals surface area (Å²) in [5, 5.41) is 0. The summed E-state index contributed by atoms with van der Waals surface area (Å²) in [5.74, 6) is -0.337. The van der Waals surface area contributed by atoms with Crippen molar-refractivity contribution in [2.24, 2.45) is 0 Å². The molecule has 164 valence electrons. The zero-order chi connectivity index (χ0) is 21.4.